The van der Waals surface area contributed by atoms with Gasteiger partial charge >= 0.3 is 5.97 Å². The summed E-state index contributed by atoms with van der Waals surface area (Å²) in [6.07, 6.45) is 0. The largest absolute Gasteiger partial charge is 0.489 e. The lowest BCUT2D eigenvalue weighted by Crippen LogP contribution is -2.06. The average Bonchev–Trinajstić information content (AvgIpc) is 2.73. The first-order valence-corrected chi connectivity index (χ1v) is 10.0. The van der Waals surface area contributed by atoms with Gasteiger partial charge in [-0.3, -0.25) is 0 Å². The molecular weight excluding hydrogens is 437 g/mol. The summed E-state index contributed by atoms with van der Waals surface area (Å²) >= 11 is 3.49. The van der Waals surface area contributed by atoms with Crippen LogP contribution >= 0.6 is 15.9 Å². The van der Waals surface area contributed by atoms with Crippen molar-refractivity contribution < 1.29 is 18.7 Å². The molecule has 0 aliphatic heterocycles. The van der Waals surface area contributed by atoms with Crippen LogP contribution in [-0.2, 0) is 17.9 Å². The van der Waals surface area contributed by atoms with Gasteiger partial charge in [-0.2, -0.15) is 0 Å². The summed E-state index contributed by atoms with van der Waals surface area (Å²) in [6.45, 7) is 3.02. The van der Waals surface area contributed by atoms with E-state index in [9.17, 15) is 9.18 Å². The van der Waals surface area contributed by atoms with Crippen molar-refractivity contribution in [3.63, 3.8) is 0 Å². The van der Waals surface area contributed by atoms with Crippen molar-refractivity contribution >= 4 is 27.6 Å². The monoisotopic (exact) mass is 457 g/mol. The molecule has 0 atom stereocenters. The van der Waals surface area contributed by atoms with Crippen LogP contribution in [0.2, 0.25) is 0 Å². The molecular formula is C23H21BrFNO3. The minimum Gasteiger partial charge on any atom is -0.489 e. The summed E-state index contributed by atoms with van der Waals surface area (Å²) in [4.78, 5) is 11.7. The van der Waals surface area contributed by atoms with Gasteiger partial charge in [0.05, 0.1) is 12.2 Å². The fourth-order valence-electron chi connectivity index (χ4n) is 2.70. The molecule has 1 N–H and O–H groups in total. The molecule has 0 unspecified atom stereocenters. The van der Waals surface area contributed by atoms with Gasteiger partial charge < -0.3 is 14.8 Å². The maximum Gasteiger partial charge on any atom is 0.338 e. The Kier molecular flexibility index (Phi) is 7.25. The first-order valence-electron chi connectivity index (χ1n) is 9.22. The normalized spacial score (nSPS) is 10.4. The van der Waals surface area contributed by atoms with Gasteiger partial charge in [-0.1, -0.05) is 28.1 Å². The number of anilines is 1. The molecule has 0 amide bonds. The van der Waals surface area contributed by atoms with Crippen LogP contribution in [0.15, 0.2) is 71.2 Å². The maximum atomic E-state index is 13.0. The molecule has 3 aromatic carbocycles. The molecule has 3 aromatic rings. The maximum absolute atomic E-state index is 13.0. The van der Waals surface area contributed by atoms with Gasteiger partial charge in [0, 0.05) is 22.3 Å². The van der Waals surface area contributed by atoms with Gasteiger partial charge in [0.25, 0.3) is 0 Å². The van der Waals surface area contributed by atoms with Crippen molar-refractivity contribution in [1.82, 2.24) is 0 Å². The van der Waals surface area contributed by atoms with E-state index in [2.05, 4.69) is 21.2 Å². The van der Waals surface area contributed by atoms with Crippen molar-refractivity contribution in [2.24, 2.45) is 0 Å². The number of hydrogen-bond acceptors (Lipinski definition) is 4. The Labute approximate surface area is 177 Å². The van der Waals surface area contributed by atoms with Crippen LogP contribution in [0.4, 0.5) is 10.1 Å². The van der Waals surface area contributed by atoms with Crippen LogP contribution in [0.25, 0.3) is 0 Å². The van der Waals surface area contributed by atoms with E-state index in [0.717, 1.165) is 27.0 Å². The van der Waals surface area contributed by atoms with Gasteiger partial charge in [-0.25, -0.2) is 9.18 Å². The third-order valence-electron chi connectivity index (χ3n) is 4.21. The summed E-state index contributed by atoms with van der Waals surface area (Å²) in [7, 11) is 0. The second-order valence-corrected chi connectivity index (χ2v) is 7.23. The van der Waals surface area contributed by atoms with E-state index in [1.165, 1.54) is 12.1 Å². The first kappa shape index (κ1) is 20.9. The van der Waals surface area contributed by atoms with Crippen LogP contribution in [0.3, 0.4) is 0 Å². The Morgan fingerprint density at radius 3 is 2.45 bits per heavy atom. The van der Waals surface area contributed by atoms with Crippen LogP contribution < -0.4 is 10.1 Å². The molecule has 0 aromatic heterocycles. The quantitative estimate of drug-likeness (QED) is 0.424. The topological polar surface area (TPSA) is 47.6 Å². The SMILES string of the molecule is CCOC(=O)c1ccc(NCc2cc(Br)ccc2OCc2ccc(F)cc2)cc1. The predicted molar refractivity (Wildman–Crippen MR) is 115 cm³/mol. The molecule has 0 fully saturated rings. The lowest BCUT2D eigenvalue weighted by Gasteiger charge is -2.14. The lowest BCUT2D eigenvalue weighted by molar-refractivity contribution is 0.0526. The molecule has 0 spiro atoms. The fraction of sp³-hybridized carbons (Fsp3) is 0.174. The van der Waals surface area contributed by atoms with Gasteiger partial charge in [-0.05, 0) is 67.1 Å². The number of esters is 1. The molecule has 0 saturated heterocycles. The van der Waals surface area contributed by atoms with Gasteiger partial charge in [0.1, 0.15) is 18.2 Å². The molecule has 3 rings (SSSR count). The van der Waals surface area contributed by atoms with E-state index < -0.39 is 0 Å². The standard InChI is InChI=1S/C23H21BrFNO3/c1-2-28-23(27)17-5-10-21(11-6-17)26-14-18-13-19(24)7-12-22(18)29-15-16-3-8-20(25)9-4-16/h3-13,26H,2,14-15H2,1H3. The molecule has 0 bridgehead atoms. The number of halogens is 2. The highest BCUT2D eigenvalue weighted by atomic mass is 79.9. The smallest absolute Gasteiger partial charge is 0.338 e. The van der Waals surface area contributed by atoms with E-state index >= 15 is 0 Å². The third kappa shape index (κ3) is 6.06. The highest BCUT2D eigenvalue weighted by Crippen LogP contribution is 2.25. The Hall–Kier alpha value is -2.86. The van der Waals surface area contributed by atoms with Crippen molar-refractivity contribution in [3.8, 4) is 5.75 Å². The Bertz CT molecular complexity index is 959. The molecule has 0 aliphatic carbocycles. The fourth-order valence-corrected chi connectivity index (χ4v) is 3.11. The van der Waals surface area contributed by atoms with Crippen molar-refractivity contribution in [3.05, 3.63) is 93.7 Å². The minimum absolute atomic E-state index is 0.267. The van der Waals surface area contributed by atoms with E-state index in [4.69, 9.17) is 9.47 Å². The number of benzene rings is 3. The first-order chi connectivity index (χ1) is 14.0. The molecule has 6 heteroatoms. The van der Waals surface area contributed by atoms with Gasteiger partial charge in [0.15, 0.2) is 0 Å². The molecule has 0 heterocycles. The van der Waals surface area contributed by atoms with Crippen LogP contribution in [0.1, 0.15) is 28.4 Å². The van der Waals surface area contributed by atoms with Gasteiger partial charge in [0.2, 0.25) is 0 Å². The molecule has 0 aliphatic rings. The molecule has 29 heavy (non-hydrogen) atoms. The number of nitrogens with one attached hydrogen (secondary N) is 1. The minimum atomic E-state index is -0.331. The Morgan fingerprint density at radius 1 is 1.03 bits per heavy atom. The Morgan fingerprint density at radius 2 is 1.76 bits per heavy atom. The van der Waals surface area contributed by atoms with E-state index in [1.807, 2.05) is 30.3 Å². The van der Waals surface area contributed by atoms with Crippen LogP contribution in [-0.4, -0.2) is 12.6 Å². The zero-order valence-electron chi connectivity index (χ0n) is 16.0. The second-order valence-electron chi connectivity index (χ2n) is 6.32. The number of hydrogen-bond donors (Lipinski definition) is 1. The Balaban J connectivity index is 1.64. The lowest BCUT2D eigenvalue weighted by atomic mass is 10.1. The van der Waals surface area contributed by atoms with Crippen molar-refractivity contribution in [2.75, 3.05) is 11.9 Å². The number of ether oxygens (including phenoxy) is 2. The van der Waals surface area contributed by atoms with Crippen LogP contribution in [0.5, 0.6) is 5.75 Å². The summed E-state index contributed by atoms with van der Waals surface area (Å²) < 4.78 is 24.9. The highest BCUT2D eigenvalue weighted by molar-refractivity contribution is 9.10. The van der Waals surface area contributed by atoms with E-state index in [-0.39, 0.29) is 11.8 Å². The van der Waals surface area contributed by atoms with Crippen LogP contribution in [0, 0.1) is 5.82 Å². The summed E-state index contributed by atoms with van der Waals surface area (Å²) in [6, 6.07) is 19.2. The summed E-state index contributed by atoms with van der Waals surface area (Å²) in [5.74, 6) is 0.145. The van der Waals surface area contributed by atoms with Gasteiger partial charge in [-0.15, -0.1) is 0 Å². The second kappa shape index (κ2) is 10.1. The van der Waals surface area contributed by atoms with Crippen molar-refractivity contribution in [1.29, 1.82) is 0 Å². The number of carbonyl (C=O) groups excluding carboxylic acids is 1. The summed E-state index contributed by atoms with van der Waals surface area (Å²) in [5, 5.41) is 3.33. The van der Waals surface area contributed by atoms with E-state index in [1.54, 1.807) is 31.2 Å². The average molecular weight is 458 g/mol. The number of rotatable bonds is 8. The summed E-state index contributed by atoms with van der Waals surface area (Å²) in [5.41, 5.74) is 3.25. The molecule has 0 radical (unpaired) electrons. The predicted octanol–water partition coefficient (Wildman–Crippen LogP) is 5.96. The molecule has 150 valence electrons. The highest BCUT2D eigenvalue weighted by Gasteiger charge is 2.08. The zero-order chi connectivity index (χ0) is 20.6. The molecule has 4 nitrogen and oxygen atoms in total. The van der Waals surface area contributed by atoms with Crippen molar-refractivity contribution in [2.45, 2.75) is 20.1 Å². The number of carbonyl (C=O) groups is 1. The van der Waals surface area contributed by atoms with E-state index in [0.29, 0.717) is 25.3 Å². The zero-order valence-corrected chi connectivity index (χ0v) is 17.5. The third-order valence-corrected chi connectivity index (χ3v) is 4.70. The molecule has 0 saturated carbocycles.